The molecule has 0 aliphatic carbocycles. The molecule has 0 radical (unpaired) electrons. The Morgan fingerprint density at radius 2 is 1.96 bits per heavy atom. The minimum Gasteiger partial charge on any atom is -0.481 e. The van der Waals surface area contributed by atoms with Crippen molar-refractivity contribution >= 4 is 35.1 Å². The van der Waals surface area contributed by atoms with Gasteiger partial charge in [-0.3, -0.25) is 9.59 Å². The van der Waals surface area contributed by atoms with Crippen molar-refractivity contribution in [2.24, 2.45) is 0 Å². The molecule has 0 bridgehead atoms. The normalized spacial score (nSPS) is 10.6. The Morgan fingerprint density at radius 3 is 2.54 bits per heavy atom. The first kappa shape index (κ1) is 18.2. The number of hydrogen-bond acceptors (Lipinski definition) is 4. The Bertz CT molecular complexity index is 741. The second-order valence-corrected chi connectivity index (χ2v) is 5.75. The number of aryl methyl sites for hydroxylation is 1. The minimum absolute atomic E-state index is 0.0156. The molecule has 128 valence electrons. The van der Waals surface area contributed by atoms with E-state index >= 15 is 0 Å². The van der Waals surface area contributed by atoms with E-state index in [0.717, 1.165) is 0 Å². The van der Waals surface area contributed by atoms with Crippen molar-refractivity contribution in [1.82, 2.24) is 20.1 Å². The molecule has 0 fully saturated rings. The largest absolute Gasteiger partial charge is 0.481 e. The first-order valence-electron chi connectivity index (χ1n) is 7.34. The van der Waals surface area contributed by atoms with Gasteiger partial charge in [0.2, 0.25) is 5.82 Å². The lowest BCUT2D eigenvalue weighted by atomic mass is 10.3. The number of carboxylic acid groups (broad SMARTS) is 1. The maximum atomic E-state index is 12.1. The van der Waals surface area contributed by atoms with Gasteiger partial charge in [-0.15, -0.1) is 5.10 Å². The fourth-order valence-corrected chi connectivity index (χ4v) is 2.62. The maximum Gasteiger partial charge on any atom is 0.303 e. The van der Waals surface area contributed by atoms with E-state index in [-0.39, 0.29) is 18.8 Å². The van der Waals surface area contributed by atoms with Crippen molar-refractivity contribution in [3.8, 4) is 5.69 Å². The van der Waals surface area contributed by atoms with Crippen LogP contribution in [0.15, 0.2) is 18.2 Å². The van der Waals surface area contributed by atoms with Crippen LogP contribution in [0.1, 0.15) is 36.2 Å². The molecule has 2 N–H and O–H groups in total. The van der Waals surface area contributed by atoms with Gasteiger partial charge in [-0.05, 0) is 18.6 Å². The van der Waals surface area contributed by atoms with Crippen LogP contribution in [0, 0.1) is 0 Å². The van der Waals surface area contributed by atoms with E-state index in [1.165, 1.54) is 4.68 Å². The number of carbonyl (C=O) groups excluding carboxylic acids is 1. The van der Waals surface area contributed by atoms with E-state index in [0.29, 0.717) is 34.4 Å². The van der Waals surface area contributed by atoms with Crippen LogP contribution >= 0.6 is 23.2 Å². The number of aromatic nitrogens is 3. The molecule has 2 rings (SSSR count). The van der Waals surface area contributed by atoms with Crippen molar-refractivity contribution < 1.29 is 14.7 Å². The molecule has 2 aromatic rings. The first-order valence-corrected chi connectivity index (χ1v) is 8.10. The van der Waals surface area contributed by atoms with Crippen LogP contribution in [-0.2, 0) is 11.2 Å². The van der Waals surface area contributed by atoms with Crippen molar-refractivity contribution in [1.29, 1.82) is 0 Å². The predicted octanol–water partition coefficient (Wildman–Crippen LogP) is 2.73. The van der Waals surface area contributed by atoms with Gasteiger partial charge in [0.05, 0.1) is 10.0 Å². The van der Waals surface area contributed by atoms with Crippen molar-refractivity contribution in [3.63, 3.8) is 0 Å². The molecule has 1 aromatic heterocycles. The second-order valence-electron chi connectivity index (χ2n) is 4.94. The van der Waals surface area contributed by atoms with Gasteiger partial charge < -0.3 is 10.4 Å². The van der Waals surface area contributed by atoms with Crippen LogP contribution < -0.4 is 5.32 Å². The Morgan fingerprint density at radius 1 is 1.29 bits per heavy atom. The SMILES string of the molecule is CCc1nc(C(=O)NCCCC(=O)O)nn1-c1c(Cl)cccc1Cl. The van der Waals surface area contributed by atoms with Gasteiger partial charge in [0.25, 0.3) is 5.91 Å². The highest BCUT2D eigenvalue weighted by Crippen LogP contribution is 2.28. The zero-order valence-corrected chi connectivity index (χ0v) is 14.4. The molecule has 1 aromatic carbocycles. The Kier molecular flexibility index (Phi) is 6.16. The zero-order valence-electron chi connectivity index (χ0n) is 12.9. The fourth-order valence-electron chi connectivity index (χ4n) is 2.06. The standard InChI is InChI=1S/C15H16Cl2N4O3/c1-2-11-19-14(15(24)18-8-4-7-12(22)23)20-21(11)13-9(16)5-3-6-10(13)17/h3,5-6H,2,4,7-8H2,1H3,(H,18,24)(H,22,23). The number of nitrogens with zero attached hydrogens (tertiary/aromatic N) is 3. The van der Waals surface area contributed by atoms with E-state index in [1.54, 1.807) is 18.2 Å². The summed E-state index contributed by atoms with van der Waals surface area (Å²) in [5.74, 6) is -0.857. The third-order valence-electron chi connectivity index (χ3n) is 3.20. The van der Waals surface area contributed by atoms with Crippen LogP contribution in [0.2, 0.25) is 10.0 Å². The molecule has 7 nitrogen and oxygen atoms in total. The van der Waals surface area contributed by atoms with E-state index in [2.05, 4.69) is 15.4 Å². The zero-order chi connectivity index (χ0) is 17.7. The molecule has 0 atom stereocenters. The molecule has 0 spiro atoms. The topological polar surface area (TPSA) is 97.1 Å². The smallest absolute Gasteiger partial charge is 0.303 e. The maximum absolute atomic E-state index is 12.1. The number of nitrogens with one attached hydrogen (secondary N) is 1. The molecule has 0 saturated carbocycles. The number of benzene rings is 1. The summed E-state index contributed by atoms with van der Waals surface area (Å²) < 4.78 is 1.46. The highest BCUT2D eigenvalue weighted by Gasteiger charge is 2.19. The van der Waals surface area contributed by atoms with Crippen LogP contribution in [0.25, 0.3) is 5.69 Å². The molecule has 0 unspecified atom stereocenters. The number of halogens is 2. The summed E-state index contributed by atoms with van der Waals surface area (Å²) in [7, 11) is 0. The first-order chi connectivity index (χ1) is 11.4. The Balaban J connectivity index is 2.21. The highest BCUT2D eigenvalue weighted by atomic mass is 35.5. The van der Waals surface area contributed by atoms with Crippen molar-refractivity contribution in [3.05, 3.63) is 39.9 Å². The van der Waals surface area contributed by atoms with E-state index < -0.39 is 11.9 Å². The van der Waals surface area contributed by atoms with Gasteiger partial charge >= 0.3 is 5.97 Å². The number of carbonyl (C=O) groups is 2. The average molecular weight is 371 g/mol. The lowest BCUT2D eigenvalue weighted by molar-refractivity contribution is -0.137. The molecule has 0 aliphatic heterocycles. The minimum atomic E-state index is -0.909. The third kappa shape index (κ3) is 4.24. The van der Waals surface area contributed by atoms with Gasteiger partial charge in [0.15, 0.2) is 0 Å². The summed E-state index contributed by atoms with van der Waals surface area (Å²) >= 11 is 12.4. The summed E-state index contributed by atoms with van der Waals surface area (Å²) in [6.07, 6.45) is 0.844. The molecule has 0 saturated heterocycles. The van der Waals surface area contributed by atoms with Gasteiger partial charge in [-0.1, -0.05) is 36.2 Å². The number of amides is 1. The summed E-state index contributed by atoms with van der Waals surface area (Å²) in [4.78, 5) is 26.8. The number of hydrogen-bond donors (Lipinski definition) is 2. The lowest BCUT2D eigenvalue weighted by Gasteiger charge is -2.08. The molecule has 24 heavy (non-hydrogen) atoms. The van der Waals surface area contributed by atoms with E-state index in [9.17, 15) is 9.59 Å². The summed E-state index contributed by atoms with van der Waals surface area (Å²) in [6.45, 7) is 2.10. The van der Waals surface area contributed by atoms with Crippen LogP contribution in [0.3, 0.4) is 0 Å². The van der Waals surface area contributed by atoms with Crippen molar-refractivity contribution in [2.45, 2.75) is 26.2 Å². The third-order valence-corrected chi connectivity index (χ3v) is 3.81. The number of rotatable bonds is 7. The Labute approximate surface area is 148 Å². The highest BCUT2D eigenvalue weighted by molar-refractivity contribution is 6.37. The number of carboxylic acids is 1. The van der Waals surface area contributed by atoms with Gasteiger partial charge in [-0.25, -0.2) is 9.67 Å². The average Bonchev–Trinajstić information content (AvgIpc) is 2.95. The summed E-state index contributed by atoms with van der Waals surface area (Å²) in [5, 5.41) is 16.2. The van der Waals surface area contributed by atoms with Crippen LogP contribution in [0.4, 0.5) is 0 Å². The van der Waals surface area contributed by atoms with Gasteiger partial charge in [0, 0.05) is 19.4 Å². The van der Waals surface area contributed by atoms with Crippen molar-refractivity contribution in [2.75, 3.05) is 6.54 Å². The molecule has 1 heterocycles. The monoisotopic (exact) mass is 370 g/mol. The quantitative estimate of drug-likeness (QED) is 0.730. The van der Waals surface area contributed by atoms with Gasteiger partial charge in [-0.2, -0.15) is 0 Å². The number of aliphatic carboxylic acids is 1. The predicted molar refractivity (Wildman–Crippen MR) is 90.0 cm³/mol. The Hall–Kier alpha value is -2.12. The molecular formula is C15H16Cl2N4O3. The summed E-state index contributed by atoms with van der Waals surface area (Å²) in [5.41, 5.74) is 0.468. The molecule has 0 aliphatic rings. The molecule has 9 heteroatoms. The van der Waals surface area contributed by atoms with Crippen LogP contribution in [-0.4, -0.2) is 38.3 Å². The molecular weight excluding hydrogens is 355 g/mol. The number of para-hydroxylation sites is 1. The fraction of sp³-hybridized carbons (Fsp3) is 0.333. The van der Waals surface area contributed by atoms with E-state index in [1.807, 2.05) is 6.92 Å². The van der Waals surface area contributed by atoms with Gasteiger partial charge in [0.1, 0.15) is 11.5 Å². The summed E-state index contributed by atoms with van der Waals surface area (Å²) in [6, 6.07) is 5.07. The second kappa shape index (κ2) is 8.12. The van der Waals surface area contributed by atoms with E-state index in [4.69, 9.17) is 28.3 Å². The molecule has 1 amide bonds. The lowest BCUT2D eigenvalue weighted by Crippen LogP contribution is -2.26. The van der Waals surface area contributed by atoms with Crippen LogP contribution in [0.5, 0.6) is 0 Å².